The summed E-state index contributed by atoms with van der Waals surface area (Å²) in [5, 5.41) is 3.31. The molecule has 0 spiro atoms. The lowest BCUT2D eigenvalue weighted by atomic mass is 10.0. The third kappa shape index (κ3) is 3.62. The van der Waals surface area contributed by atoms with E-state index >= 15 is 0 Å². The topological polar surface area (TPSA) is 38.0 Å². The van der Waals surface area contributed by atoms with E-state index in [1.54, 1.807) is 0 Å². The summed E-state index contributed by atoms with van der Waals surface area (Å²) in [6.07, 6.45) is 2.43. The van der Waals surface area contributed by atoms with Gasteiger partial charge in [0.05, 0.1) is 0 Å². The van der Waals surface area contributed by atoms with Crippen LogP contribution in [-0.2, 0) is 0 Å². The lowest BCUT2D eigenvalue weighted by Gasteiger charge is -2.26. The van der Waals surface area contributed by atoms with Crippen LogP contribution in [-0.4, -0.2) is 18.6 Å². The maximum atomic E-state index is 5.72. The molecule has 0 bridgehead atoms. The average Bonchev–Trinajstić information content (AvgIpc) is 1.77. The first-order chi connectivity index (χ1) is 3.80. The lowest BCUT2D eigenvalue weighted by molar-refractivity contribution is 0.371. The van der Waals surface area contributed by atoms with Gasteiger partial charge in [-0.05, 0) is 26.3 Å². The SMILES string of the molecule is CC1NCCCC1N.Cl.Cl. The van der Waals surface area contributed by atoms with Crippen LogP contribution in [0.3, 0.4) is 0 Å². The van der Waals surface area contributed by atoms with Crippen LogP contribution in [0, 0.1) is 0 Å². The Balaban J connectivity index is 0. The Labute approximate surface area is 74.8 Å². The molecule has 0 aromatic heterocycles. The average molecular weight is 187 g/mol. The highest BCUT2D eigenvalue weighted by atomic mass is 35.5. The molecule has 1 aliphatic rings. The first-order valence-electron chi connectivity index (χ1n) is 3.29. The Kier molecular flexibility index (Phi) is 8.17. The molecule has 1 saturated heterocycles. The Bertz CT molecular complexity index is 70.1. The van der Waals surface area contributed by atoms with Crippen LogP contribution >= 0.6 is 24.8 Å². The molecule has 1 heterocycles. The fourth-order valence-corrected chi connectivity index (χ4v) is 1.07. The number of hydrogen-bond acceptors (Lipinski definition) is 2. The van der Waals surface area contributed by atoms with Crippen LogP contribution in [0.2, 0.25) is 0 Å². The zero-order chi connectivity index (χ0) is 5.98. The number of nitrogens with one attached hydrogen (secondary N) is 1. The van der Waals surface area contributed by atoms with E-state index in [1.165, 1.54) is 12.8 Å². The Morgan fingerprint density at radius 1 is 1.40 bits per heavy atom. The van der Waals surface area contributed by atoms with Gasteiger partial charge in [0.25, 0.3) is 0 Å². The van der Waals surface area contributed by atoms with Gasteiger partial charge in [0.15, 0.2) is 0 Å². The van der Waals surface area contributed by atoms with E-state index < -0.39 is 0 Å². The molecule has 10 heavy (non-hydrogen) atoms. The fourth-order valence-electron chi connectivity index (χ4n) is 1.07. The van der Waals surface area contributed by atoms with Crippen molar-refractivity contribution in [3.8, 4) is 0 Å². The van der Waals surface area contributed by atoms with Gasteiger partial charge in [-0.2, -0.15) is 0 Å². The molecule has 0 radical (unpaired) electrons. The largest absolute Gasteiger partial charge is 0.326 e. The van der Waals surface area contributed by atoms with E-state index in [0.29, 0.717) is 12.1 Å². The molecule has 2 unspecified atom stereocenters. The van der Waals surface area contributed by atoms with Crippen LogP contribution in [0.25, 0.3) is 0 Å². The van der Waals surface area contributed by atoms with E-state index in [4.69, 9.17) is 5.73 Å². The summed E-state index contributed by atoms with van der Waals surface area (Å²) < 4.78 is 0. The highest BCUT2D eigenvalue weighted by Gasteiger charge is 2.15. The molecule has 0 amide bonds. The second kappa shape index (κ2) is 6.23. The molecule has 2 atom stereocenters. The summed E-state index contributed by atoms with van der Waals surface area (Å²) in [4.78, 5) is 0. The summed E-state index contributed by atoms with van der Waals surface area (Å²) in [7, 11) is 0. The predicted octanol–water partition coefficient (Wildman–Crippen LogP) is 0.929. The van der Waals surface area contributed by atoms with Gasteiger partial charge in [0.2, 0.25) is 0 Å². The highest BCUT2D eigenvalue weighted by Crippen LogP contribution is 2.03. The molecular formula is C6H16Cl2N2. The van der Waals surface area contributed by atoms with E-state index in [2.05, 4.69) is 12.2 Å². The summed E-state index contributed by atoms with van der Waals surface area (Å²) in [6, 6.07) is 0.924. The van der Waals surface area contributed by atoms with Gasteiger partial charge in [-0.25, -0.2) is 0 Å². The van der Waals surface area contributed by atoms with Crippen LogP contribution in [0.1, 0.15) is 19.8 Å². The van der Waals surface area contributed by atoms with Crippen molar-refractivity contribution in [2.75, 3.05) is 6.54 Å². The summed E-state index contributed by atoms with van der Waals surface area (Å²) in [6.45, 7) is 3.29. The molecule has 0 aliphatic carbocycles. The molecule has 1 rings (SSSR count). The van der Waals surface area contributed by atoms with E-state index in [1.807, 2.05) is 0 Å². The highest BCUT2D eigenvalue weighted by molar-refractivity contribution is 5.85. The molecule has 64 valence electrons. The van der Waals surface area contributed by atoms with Crippen molar-refractivity contribution >= 4 is 24.8 Å². The minimum Gasteiger partial charge on any atom is -0.326 e. The maximum absolute atomic E-state index is 5.72. The second-order valence-corrected chi connectivity index (χ2v) is 2.55. The molecule has 2 nitrogen and oxygen atoms in total. The van der Waals surface area contributed by atoms with Gasteiger partial charge in [0, 0.05) is 12.1 Å². The first-order valence-corrected chi connectivity index (χ1v) is 3.29. The second-order valence-electron chi connectivity index (χ2n) is 2.55. The van der Waals surface area contributed by atoms with Crippen molar-refractivity contribution in [1.82, 2.24) is 5.32 Å². The van der Waals surface area contributed by atoms with Gasteiger partial charge < -0.3 is 11.1 Å². The molecule has 0 aromatic rings. The number of piperidine rings is 1. The Hall–Kier alpha value is 0.500. The van der Waals surface area contributed by atoms with Crippen molar-refractivity contribution in [2.45, 2.75) is 31.8 Å². The maximum Gasteiger partial charge on any atom is 0.0192 e. The fraction of sp³-hybridized carbons (Fsp3) is 1.00. The minimum atomic E-state index is 0. The number of nitrogens with two attached hydrogens (primary N) is 1. The third-order valence-corrected chi connectivity index (χ3v) is 1.82. The number of halogens is 2. The van der Waals surface area contributed by atoms with E-state index in [0.717, 1.165) is 6.54 Å². The van der Waals surface area contributed by atoms with Gasteiger partial charge in [-0.3, -0.25) is 0 Å². The lowest BCUT2D eigenvalue weighted by Crippen LogP contribution is -2.47. The smallest absolute Gasteiger partial charge is 0.0192 e. The molecular weight excluding hydrogens is 171 g/mol. The van der Waals surface area contributed by atoms with Crippen molar-refractivity contribution in [1.29, 1.82) is 0 Å². The van der Waals surface area contributed by atoms with Crippen molar-refractivity contribution in [3.63, 3.8) is 0 Å². The summed E-state index contributed by atoms with van der Waals surface area (Å²) in [5.41, 5.74) is 5.72. The van der Waals surface area contributed by atoms with Crippen molar-refractivity contribution < 1.29 is 0 Å². The van der Waals surface area contributed by atoms with Crippen LogP contribution in [0.15, 0.2) is 0 Å². The quantitative estimate of drug-likeness (QED) is 0.592. The van der Waals surface area contributed by atoms with Gasteiger partial charge in [-0.1, -0.05) is 0 Å². The molecule has 4 heteroatoms. The molecule has 3 N–H and O–H groups in total. The number of rotatable bonds is 0. The van der Waals surface area contributed by atoms with Crippen molar-refractivity contribution in [2.24, 2.45) is 5.73 Å². The van der Waals surface area contributed by atoms with Crippen LogP contribution < -0.4 is 11.1 Å². The molecule has 0 aromatic carbocycles. The summed E-state index contributed by atoms with van der Waals surface area (Å²) in [5.74, 6) is 0. The minimum absolute atomic E-state index is 0. The normalized spacial score (nSPS) is 31.8. The van der Waals surface area contributed by atoms with Gasteiger partial charge in [0.1, 0.15) is 0 Å². The summed E-state index contributed by atoms with van der Waals surface area (Å²) >= 11 is 0. The number of hydrogen-bond donors (Lipinski definition) is 2. The first kappa shape index (κ1) is 13.1. The van der Waals surface area contributed by atoms with Crippen LogP contribution in [0.5, 0.6) is 0 Å². The molecule has 0 saturated carbocycles. The molecule has 1 aliphatic heterocycles. The van der Waals surface area contributed by atoms with Gasteiger partial charge in [-0.15, -0.1) is 24.8 Å². The Morgan fingerprint density at radius 2 is 2.00 bits per heavy atom. The van der Waals surface area contributed by atoms with Crippen LogP contribution in [0.4, 0.5) is 0 Å². The van der Waals surface area contributed by atoms with Crippen molar-refractivity contribution in [3.05, 3.63) is 0 Å². The van der Waals surface area contributed by atoms with Gasteiger partial charge >= 0.3 is 0 Å². The van der Waals surface area contributed by atoms with E-state index in [-0.39, 0.29) is 24.8 Å². The predicted molar refractivity (Wildman–Crippen MR) is 49.2 cm³/mol. The zero-order valence-electron chi connectivity index (χ0n) is 6.17. The monoisotopic (exact) mass is 186 g/mol. The standard InChI is InChI=1S/C6H14N2.2ClH/c1-5-6(7)3-2-4-8-5;;/h5-6,8H,2-4,7H2,1H3;2*1H. The van der Waals surface area contributed by atoms with E-state index in [9.17, 15) is 0 Å². The zero-order valence-corrected chi connectivity index (χ0v) is 7.80. The third-order valence-electron chi connectivity index (χ3n) is 1.82. The Morgan fingerprint density at radius 3 is 2.30 bits per heavy atom. The molecule has 1 fully saturated rings.